The van der Waals surface area contributed by atoms with Gasteiger partial charge < -0.3 is 44.5 Å². The van der Waals surface area contributed by atoms with E-state index < -0.39 is 12.3 Å². The second-order valence-corrected chi connectivity index (χ2v) is 13.5. The molecule has 0 saturated carbocycles. The maximum atomic E-state index is 13.8. The number of rotatable bonds is 9. The molecule has 2 unspecified atom stereocenters. The van der Waals surface area contributed by atoms with Crippen molar-refractivity contribution in [1.29, 1.82) is 0 Å². The fourth-order valence-electron chi connectivity index (χ4n) is 7.65. The van der Waals surface area contributed by atoms with Gasteiger partial charge in [-0.1, -0.05) is 49.1 Å². The van der Waals surface area contributed by atoms with Crippen LogP contribution in [0.25, 0.3) is 0 Å². The number of benzene rings is 4. The number of hydrogen-bond acceptors (Lipinski definition) is 9. The number of fused-ring (bicyclic) bond motifs is 8. The third-order valence-corrected chi connectivity index (χ3v) is 10.1. The Hall–Kier alpha value is -5.94. The molecule has 0 aliphatic carbocycles. The van der Waals surface area contributed by atoms with Crippen LogP contribution in [0.15, 0.2) is 96.6 Å². The highest BCUT2D eigenvalue weighted by molar-refractivity contribution is 6.13. The number of para-hydroxylation sites is 2. The second kappa shape index (κ2) is 13.3. The Morgan fingerprint density at radius 2 is 1.38 bits per heavy atom. The van der Waals surface area contributed by atoms with Crippen molar-refractivity contribution >= 4 is 34.6 Å². The molecule has 2 amide bonds. The molecule has 4 heterocycles. The van der Waals surface area contributed by atoms with Crippen molar-refractivity contribution in [2.75, 3.05) is 54.4 Å². The Kier molecular flexibility index (Phi) is 8.50. The first kappa shape index (κ1) is 33.2. The first-order valence-corrected chi connectivity index (χ1v) is 17.3. The van der Waals surface area contributed by atoms with E-state index in [-0.39, 0.29) is 31.1 Å². The number of nitrogens with one attached hydrogen (secondary N) is 2. The number of hydrogen-bond donors (Lipinski definition) is 3. The Labute approximate surface area is 302 Å². The van der Waals surface area contributed by atoms with E-state index in [1.807, 2.05) is 66.4 Å². The number of aliphatic hydroxyl groups is 1. The summed E-state index contributed by atoms with van der Waals surface area (Å²) in [7, 11) is 3.08. The fraction of sp³-hybridized carbons (Fsp3) is 0.268. The van der Waals surface area contributed by atoms with Gasteiger partial charge in [-0.25, -0.2) is 0 Å². The van der Waals surface area contributed by atoms with Crippen LogP contribution in [0.1, 0.15) is 38.8 Å². The summed E-state index contributed by atoms with van der Waals surface area (Å²) in [5.41, 5.74) is 7.59. The monoisotopic (exact) mass is 700 g/mol. The van der Waals surface area contributed by atoms with E-state index in [9.17, 15) is 14.7 Å². The Balaban J connectivity index is 0.940. The number of amides is 2. The van der Waals surface area contributed by atoms with Gasteiger partial charge in [-0.3, -0.25) is 9.59 Å². The van der Waals surface area contributed by atoms with Crippen molar-refractivity contribution in [3.05, 3.63) is 119 Å². The summed E-state index contributed by atoms with van der Waals surface area (Å²) >= 11 is 0. The van der Waals surface area contributed by atoms with Gasteiger partial charge >= 0.3 is 0 Å². The minimum atomic E-state index is -0.983. The molecule has 11 nitrogen and oxygen atoms in total. The van der Waals surface area contributed by atoms with Gasteiger partial charge in [0.15, 0.2) is 23.0 Å². The lowest BCUT2D eigenvalue weighted by atomic mass is 10.1. The van der Waals surface area contributed by atoms with Crippen molar-refractivity contribution in [3.8, 4) is 23.0 Å². The van der Waals surface area contributed by atoms with Gasteiger partial charge in [0.1, 0.15) is 19.4 Å². The molecule has 0 radical (unpaired) electrons. The third kappa shape index (κ3) is 5.76. The number of ether oxygens (including phenoxy) is 4. The topological polar surface area (TPSA) is 122 Å². The van der Waals surface area contributed by atoms with Crippen LogP contribution in [0.3, 0.4) is 0 Å². The quantitative estimate of drug-likeness (QED) is 0.181. The van der Waals surface area contributed by atoms with E-state index in [0.29, 0.717) is 64.0 Å². The maximum Gasteiger partial charge on any atom is 0.260 e. The molecule has 4 aliphatic rings. The summed E-state index contributed by atoms with van der Waals surface area (Å²) in [6, 6.07) is 22.2. The second-order valence-electron chi connectivity index (χ2n) is 13.5. The number of carbonyl (C=O) groups excluding carboxylic acids is 2. The van der Waals surface area contributed by atoms with Gasteiger partial charge in [0.2, 0.25) is 0 Å². The maximum absolute atomic E-state index is 13.8. The highest BCUT2D eigenvalue weighted by atomic mass is 16.5. The number of methoxy groups -OCH3 is 2. The number of carbonyl (C=O) groups is 2. The molecule has 0 aromatic heterocycles. The zero-order chi connectivity index (χ0) is 36.1. The van der Waals surface area contributed by atoms with E-state index in [4.69, 9.17) is 18.9 Å². The van der Waals surface area contributed by atoms with E-state index in [0.717, 1.165) is 28.9 Å². The molecule has 4 aliphatic heterocycles. The first-order chi connectivity index (χ1) is 25.2. The molecule has 4 aromatic rings. The molecule has 11 heteroatoms. The molecule has 0 bridgehead atoms. The predicted molar refractivity (Wildman–Crippen MR) is 199 cm³/mol. The average molecular weight is 701 g/mol. The highest BCUT2D eigenvalue weighted by Crippen LogP contribution is 2.43. The van der Waals surface area contributed by atoms with E-state index in [2.05, 4.69) is 23.3 Å². The van der Waals surface area contributed by atoms with Crippen molar-refractivity contribution in [2.24, 2.45) is 0 Å². The third-order valence-electron chi connectivity index (χ3n) is 10.1. The minimum absolute atomic E-state index is 0.0260. The molecule has 3 atom stereocenters. The molecule has 8 rings (SSSR count). The molecule has 0 fully saturated rings. The van der Waals surface area contributed by atoms with Crippen LogP contribution in [-0.2, 0) is 12.8 Å². The summed E-state index contributed by atoms with van der Waals surface area (Å²) in [6.45, 7) is 7.10. The molecule has 0 spiro atoms. The number of anilines is 4. The lowest BCUT2D eigenvalue weighted by molar-refractivity contribution is 0.0951. The molecular formula is C41H40N4O7. The largest absolute Gasteiger partial charge is 0.493 e. The van der Waals surface area contributed by atoms with Crippen LogP contribution in [0.4, 0.5) is 22.7 Å². The average Bonchev–Trinajstić information content (AvgIpc) is 3.67. The zero-order valence-electron chi connectivity index (χ0n) is 29.3. The zero-order valence-corrected chi connectivity index (χ0v) is 29.3. The van der Waals surface area contributed by atoms with E-state index >= 15 is 0 Å². The van der Waals surface area contributed by atoms with Crippen LogP contribution in [-0.4, -0.2) is 69.2 Å². The van der Waals surface area contributed by atoms with Gasteiger partial charge in [0.05, 0.1) is 48.8 Å². The van der Waals surface area contributed by atoms with Gasteiger partial charge in [-0.2, -0.15) is 0 Å². The van der Waals surface area contributed by atoms with Crippen LogP contribution < -0.4 is 39.4 Å². The lowest BCUT2D eigenvalue weighted by Crippen LogP contribution is -2.45. The normalized spacial score (nSPS) is 19.8. The molecular weight excluding hydrogens is 660 g/mol. The predicted octanol–water partition coefficient (Wildman–Crippen LogP) is 5.98. The SMILES string of the molecule is C=C(/C=C(\C)COc1cc2c(cc1OC)C(=O)N1c3ccccc3CC1CN2)COc1cc2c(cc1OC)C(=O)N1c3ccccc3CC1[C@@H](O)N2. The Bertz CT molecular complexity index is 2150. The van der Waals surface area contributed by atoms with Crippen LogP contribution in [0.5, 0.6) is 23.0 Å². The minimum Gasteiger partial charge on any atom is -0.493 e. The van der Waals surface area contributed by atoms with Crippen LogP contribution in [0, 0.1) is 0 Å². The number of nitrogens with zero attached hydrogens (tertiary/aromatic N) is 2. The summed E-state index contributed by atoms with van der Waals surface area (Å²) in [4.78, 5) is 31.1. The van der Waals surface area contributed by atoms with E-state index in [1.165, 1.54) is 12.7 Å². The molecule has 3 N–H and O–H groups in total. The van der Waals surface area contributed by atoms with Crippen molar-refractivity contribution < 1.29 is 33.6 Å². The van der Waals surface area contributed by atoms with E-state index in [1.54, 1.807) is 30.2 Å². The summed E-state index contributed by atoms with van der Waals surface area (Å²) in [5.74, 6) is 1.48. The molecule has 266 valence electrons. The van der Waals surface area contributed by atoms with Crippen LogP contribution >= 0.6 is 0 Å². The first-order valence-electron chi connectivity index (χ1n) is 17.3. The standard InChI is InChI=1S/C41H40N4O7/c1-23(21-51-37-18-30-28(16-35(37)49-3)40(47)44-27(20-42-30)14-25-9-5-7-11-32(25)44)13-24(2)22-52-38-19-31-29(17-36(38)50-4)41(48)45-33-12-8-6-10-26(33)15-34(45)39(46)43-31/h5-13,16-19,27,34,39,42-43,46H,2,14-15,20-22H2,1,3-4H3/b23-13+/t27?,34?,39-/m1/s1. The Morgan fingerprint density at radius 1 is 0.808 bits per heavy atom. The van der Waals surface area contributed by atoms with Crippen molar-refractivity contribution in [3.63, 3.8) is 0 Å². The highest BCUT2D eigenvalue weighted by Gasteiger charge is 2.42. The van der Waals surface area contributed by atoms with Crippen molar-refractivity contribution in [2.45, 2.75) is 38.1 Å². The van der Waals surface area contributed by atoms with Crippen molar-refractivity contribution in [1.82, 2.24) is 0 Å². The fourth-order valence-corrected chi connectivity index (χ4v) is 7.65. The number of aliphatic hydroxyl groups excluding tert-OH is 1. The Morgan fingerprint density at radius 3 is 2.08 bits per heavy atom. The van der Waals surface area contributed by atoms with Gasteiger partial charge in [0.25, 0.3) is 11.8 Å². The lowest BCUT2D eigenvalue weighted by Gasteiger charge is -2.26. The summed E-state index contributed by atoms with van der Waals surface area (Å²) < 4.78 is 23.6. The molecule has 4 aromatic carbocycles. The smallest absolute Gasteiger partial charge is 0.260 e. The van der Waals surface area contributed by atoms with Gasteiger partial charge in [-0.15, -0.1) is 0 Å². The molecule has 52 heavy (non-hydrogen) atoms. The summed E-state index contributed by atoms with van der Waals surface area (Å²) in [6.07, 6.45) is 2.25. The van der Waals surface area contributed by atoms with Gasteiger partial charge in [-0.05, 0) is 66.3 Å². The molecule has 0 saturated heterocycles. The van der Waals surface area contributed by atoms with Crippen LogP contribution in [0.2, 0.25) is 0 Å². The van der Waals surface area contributed by atoms with Gasteiger partial charge in [0, 0.05) is 30.1 Å². The summed E-state index contributed by atoms with van der Waals surface area (Å²) in [5, 5.41) is 17.7.